The minimum Gasteiger partial charge on any atom is -0.475 e. The van der Waals surface area contributed by atoms with E-state index in [1.807, 2.05) is 6.26 Å². The van der Waals surface area contributed by atoms with Crippen LogP contribution in [-0.2, 0) is 4.74 Å². The lowest BCUT2D eigenvalue weighted by Gasteiger charge is -2.58. The fourth-order valence-electron chi connectivity index (χ4n) is 8.94. The number of rotatable bonds is 6. The second kappa shape index (κ2) is 9.92. The van der Waals surface area contributed by atoms with E-state index < -0.39 is 0 Å². The molecule has 8 atom stereocenters. The molecule has 0 aliphatic heterocycles. The second-order valence-electron chi connectivity index (χ2n) is 12.7. The fourth-order valence-corrected chi connectivity index (χ4v) is 9.31. The van der Waals surface area contributed by atoms with E-state index in [0.717, 1.165) is 46.3 Å². The van der Waals surface area contributed by atoms with Crippen LogP contribution in [0.3, 0.4) is 0 Å². The van der Waals surface area contributed by atoms with Gasteiger partial charge in [0, 0.05) is 6.42 Å². The summed E-state index contributed by atoms with van der Waals surface area (Å²) in [4.78, 5) is 0. The van der Waals surface area contributed by atoms with Gasteiger partial charge in [-0.3, -0.25) is 0 Å². The molecule has 0 heterocycles. The summed E-state index contributed by atoms with van der Waals surface area (Å²) in [6.45, 7) is 12.7. The first-order chi connectivity index (χ1) is 15.2. The lowest BCUT2D eigenvalue weighted by molar-refractivity contribution is -0.0561. The van der Waals surface area contributed by atoms with Crippen LogP contribution in [0.5, 0.6) is 0 Å². The third kappa shape index (κ3) is 4.60. The Morgan fingerprint density at radius 2 is 1.88 bits per heavy atom. The zero-order valence-corrected chi connectivity index (χ0v) is 23.3. The van der Waals surface area contributed by atoms with Crippen molar-refractivity contribution in [3.05, 3.63) is 11.6 Å². The zero-order chi connectivity index (χ0) is 23.1. The van der Waals surface area contributed by atoms with E-state index in [4.69, 9.17) is 17.0 Å². The van der Waals surface area contributed by atoms with Gasteiger partial charge in [-0.05, 0) is 110 Å². The molecule has 182 valence electrons. The van der Waals surface area contributed by atoms with Crippen molar-refractivity contribution in [2.45, 2.75) is 111 Å². The van der Waals surface area contributed by atoms with E-state index in [9.17, 15) is 0 Å². The van der Waals surface area contributed by atoms with Crippen LogP contribution in [0.4, 0.5) is 0 Å². The van der Waals surface area contributed by atoms with Crippen molar-refractivity contribution in [3.63, 3.8) is 0 Å². The van der Waals surface area contributed by atoms with Crippen LogP contribution < -0.4 is 0 Å². The molecule has 0 spiro atoms. The van der Waals surface area contributed by atoms with E-state index in [-0.39, 0.29) is 0 Å². The van der Waals surface area contributed by atoms with Crippen molar-refractivity contribution in [1.29, 1.82) is 0 Å². The largest absolute Gasteiger partial charge is 0.475 e. The Labute approximate surface area is 208 Å². The topological polar surface area (TPSA) is 9.23 Å². The van der Waals surface area contributed by atoms with Crippen molar-refractivity contribution >= 4 is 28.4 Å². The molecule has 3 fully saturated rings. The molecule has 3 heteroatoms. The SMILES string of the molecule is CSC(=S)O[C@H]1CC[C@@]2(C)C(=CC[C@@H]3[C@H]4CC[C@@H]([C@H](C)CCCC(C)C)[C@@]4(C)CC[C@H]32)C1. The highest BCUT2D eigenvalue weighted by atomic mass is 32.2. The Morgan fingerprint density at radius 1 is 1.09 bits per heavy atom. The Hall–Kier alpha value is -0.0200. The lowest BCUT2D eigenvalue weighted by atomic mass is 9.47. The van der Waals surface area contributed by atoms with Gasteiger partial charge >= 0.3 is 0 Å². The van der Waals surface area contributed by atoms with E-state index in [1.165, 1.54) is 64.2 Å². The van der Waals surface area contributed by atoms with Crippen LogP contribution in [0.1, 0.15) is 105 Å². The molecule has 0 aromatic rings. The van der Waals surface area contributed by atoms with E-state index in [0.29, 0.717) is 16.9 Å². The quantitative estimate of drug-likeness (QED) is 0.279. The average Bonchev–Trinajstić information content (AvgIpc) is 3.11. The molecule has 4 aliphatic carbocycles. The van der Waals surface area contributed by atoms with Gasteiger partial charge in [-0.25, -0.2) is 0 Å². The molecule has 0 saturated heterocycles. The fraction of sp³-hybridized carbons (Fsp3) is 0.897. The normalized spacial score (nSPS) is 42.0. The number of hydrogen-bond donors (Lipinski definition) is 0. The maximum atomic E-state index is 6.10. The molecule has 0 unspecified atom stereocenters. The molecule has 0 bridgehead atoms. The summed E-state index contributed by atoms with van der Waals surface area (Å²) in [7, 11) is 0. The van der Waals surface area contributed by atoms with Crippen molar-refractivity contribution in [1.82, 2.24) is 0 Å². The standard InChI is InChI=1S/C29H48OS2/c1-19(2)8-7-9-20(3)24-12-13-25-23-11-10-21-18-22(30-27(31)32-6)14-16-28(21,4)26(23)15-17-29(24,25)5/h10,19-20,22-26H,7-9,11-18H2,1-6H3/t20-,22+,23-,24+,25-,26-,28+,29-/m1/s1. The lowest BCUT2D eigenvalue weighted by Crippen LogP contribution is -2.51. The van der Waals surface area contributed by atoms with Crippen LogP contribution in [0.15, 0.2) is 11.6 Å². The van der Waals surface area contributed by atoms with Crippen LogP contribution >= 0.6 is 24.0 Å². The Morgan fingerprint density at radius 3 is 2.59 bits per heavy atom. The van der Waals surface area contributed by atoms with Crippen molar-refractivity contribution in [2.24, 2.45) is 46.3 Å². The molecule has 3 saturated carbocycles. The Bertz CT molecular complexity index is 714. The minimum atomic E-state index is 0.308. The van der Waals surface area contributed by atoms with Gasteiger partial charge in [-0.1, -0.05) is 77.3 Å². The minimum absolute atomic E-state index is 0.308. The summed E-state index contributed by atoms with van der Waals surface area (Å²) in [6, 6.07) is 0. The molecule has 4 aliphatic rings. The van der Waals surface area contributed by atoms with Gasteiger partial charge in [0.2, 0.25) is 4.38 Å². The molecule has 0 aromatic heterocycles. The summed E-state index contributed by atoms with van der Waals surface area (Å²) in [5.74, 6) is 5.47. The van der Waals surface area contributed by atoms with Crippen molar-refractivity contribution in [3.8, 4) is 0 Å². The molecular weight excluding hydrogens is 428 g/mol. The van der Waals surface area contributed by atoms with Crippen LogP contribution in [0, 0.1) is 46.3 Å². The van der Waals surface area contributed by atoms with E-state index in [1.54, 1.807) is 17.3 Å². The van der Waals surface area contributed by atoms with Gasteiger partial charge in [0.15, 0.2) is 0 Å². The summed E-state index contributed by atoms with van der Waals surface area (Å²) in [5, 5.41) is 0. The summed E-state index contributed by atoms with van der Waals surface area (Å²) < 4.78 is 6.82. The maximum Gasteiger partial charge on any atom is 0.219 e. The molecule has 4 rings (SSSR count). The number of allylic oxidation sites excluding steroid dienone is 1. The number of thiocarbonyl (C=S) groups is 1. The number of ether oxygens (including phenoxy) is 1. The van der Waals surface area contributed by atoms with E-state index in [2.05, 4.69) is 40.7 Å². The van der Waals surface area contributed by atoms with Gasteiger partial charge in [-0.2, -0.15) is 0 Å². The highest BCUT2D eigenvalue weighted by Gasteiger charge is 2.59. The van der Waals surface area contributed by atoms with Gasteiger partial charge < -0.3 is 4.74 Å². The first kappa shape index (κ1) is 25.1. The highest BCUT2D eigenvalue weighted by molar-refractivity contribution is 8.22. The molecule has 0 amide bonds. The molecular formula is C29H48OS2. The predicted molar refractivity (Wildman–Crippen MR) is 144 cm³/mol. The Kier molecular flexibility index (Phi) is 7.78. The third-order valence-electron chi connectivity index (χ3n) is 10.7. The average molecular weight is 477 g/mol. The van der Waals surface area contributed by atoms with Crippen LogP contribution in [0.25, 0.3) is 0 Å². The van der Waals surface area contributed by atoms with E-state index >= 15 is 0 Å². The smallest absolute Gasteiger partial charge is 0.219 e. The first-order valence-electron chi connectivity index (χ1n) is 13.6. The molecule has 32 heavy (non-hydrogen) atoms. The van der Waals surface area contributed by atoms with Crippen LogP contribution in [0.2, 0.25) is 0 Å². The van der Waals surface area contributed by atoms with Crippen molar-refractivity contribution in [2.75, 3.05) is 6.26 Å². The van der Waals surface area contributed by atoms with Crippen molar-refractivity contribution < 1.29 is 4.74 Å². The molecule has 0 radical (unpaired) electrons. The molecule has 1 nitrogen and oxygen atoms in total. The number of hydrogen-bond acceptors (Lipinski definition) is 3. The molecule has 0 N–H and O–H groups in total. The van der Waals surface area contributed by atoms with Gasteiger partial charge in [0.25, 0.3) is 0 Å². The Balaban J connectivity index is 1.45. The van der Waals surface area contributed by atoms with Gasteiger partial charge in [0.05, 0.1) is 0 Å². The van der Waals surface area contributed by atoms with Crippen LogP contribution in [-0.4, -0.2) is 16.7 Å². The second-order valence-corrected chi connectivity index (χ2v) is 14.1. The van der Waals surface area contributed by atoms with Gasteiger partial charge in [-0.15, -0.1) is 0 Å². The zero-order valence-electron chi connectivity index (χ0n) is 21.6. The highest BCUT2D eigenvalue weighted by Crippen LogP contribution is 2.67. The third-order valence-corrected chi connectivity index (χ3v) is 11.7. The first-order valence-corrected chi connectivity index (χ1v) is 15.3. The summed E-state index contributed by atoms with van der Waals surface area (Å²) in [6.07, 6.45) is 20.1. The van der Waals surface area contributed by atoms with Gasteiger partial charge in [0.1, 0.15) is 6.10 Å². The predicted octanol–water partition coefficient (Wildman–Crippen LogP) is 9.06. The molecule has 0 aromatic carbocycles. The summed E-state index contributed by atoms with van der Waals surface area (Å²) in [5.41, 5.74) is 2.70. The summed E-state index contributed by atoms with van der Waals surface area (Å²) >= 11 is 6.93. The maximum absolute atomic E-state index is 6.10. The monoisotopic (exact) mass is 476 g/mol. The number of thioether (sulfide) groups is 1. The number of fused-ring (bicyclic) bond motifs is 5.